The summed E-state index contributed by atoms with van der Waals surface area (Å²) in [7, 11) is 0. The van der Waals surface area contributed by atoms with E-state index in [-0.39, 0.29) is 0 Å². The number of ether oxygens (including phenoxy) is 2. The number of hydrogen-bond donors (Lipinski definition) is 1. The summed E-state index contributed by atoms with van der Waals surface area (Å²) in [6, 6.07) is 16.0. The zero-order valence-corrected chi connectivity index (χ0v) is 14.1. The molecule has 128 valence electrons. The second kappa shape index (κ2) is 8.18. The summed E-state index contributed by atoms with van der Waals surface area (Å²) in [6.45, 7) is 5.42. The summed E-state index contributed by atoms with van der Waals surface area (Å²) in [6.07, 6.45) is 0.546. The van der Waals surface area contributed by atoms with Crippen LogP contribution in [-0.2, 0) is 13.0 Å². The molecular formula is C20H25NO3. The molecule has 0 unspecified atom stereocenters. The standard InChI is InChI=1S/C20H25NO3/c1-2-23-19-7-9-20(10-8-19)24-15-18(22)14-21-12-11-16-5-3-4-6-17(16)13-21/h3-10,18,22H,2,11-15H2,1H3/t18-/m0/s1. The lowest BCUT2D eigenvalue weighted by Crippen LogP contribution is -2.38. The van der Waals surface area contributed by atoms with Gasteiger partial charge in [0.1, 0.15) is 24.2 Å². The number of β-amino-alcohol motifs (C(OH)–C–C–N with tert-alkyl or cyclic N) is 1. The topological polar surface area (TPSA) is 41.9 Å². The molecule has 2 aromatic rings. The van der Waals surface area contributed by atoms with Gasteiger partial charge in [0.15, 0.2) is 0 Å². The molecule has 1 aliphatic rings. The average Bonchev–Trinajstić information content (AvgIpc) is 2.61. The first-order valence-corrected chi connectivity index (χ1v) is 8.57. The van der Waals surface area contributed by atoms with Crippen molar-refractivity contribution in [1.29, 1.82) is 0 Å². The third-order valence-electron chi connectivity index (χ3n) is 4.26. The molecule has 2 aromatic carbocycles. The normalized spacial score (nSPS) is 15.6. The summed E-state index contributed by atoms with van der Waals surface area (Å²) in [5.41, 5.74) is 2.79. The van der Waals surface area contributed by atoms with Gasteiger partial charge in [-0.2, -0.15) is 0 Å². The van der Waals surface area contributed by atoms with E-state index in [1.807, 2.05) is 31.2 Å². The highest BCUT2D eigenvalue weighted by Crippen LogP contribution is 2.20. The predicted octanol–water partition coefficient (Wildman–Crippen LogP) is 2.88. The maximum absolute atomic E-state index is 10.3. The first-order valence-electron chi connectivity index (χ1n) is 8.57. The van der Waals surface area contributed by atoms with Gasteiger partial charge in [-0.05, 0) is 48.7 Å². The molecular weight excluding hydrogens is 302 g/mol. The van der Waals surface area contributed by atoms with Crippen LogP contribution in [-0.4, -0.2) is 42.4 Å². The van der Waals surface area contributed by atoms with Crippen molar-refractivity contribution in [2.45, 2.75) is 26.0 Å². The molecule has 0 saturated heterocycles. The molecule has 0 aliphatic carbocycles. The SMILES string of the molecule is CCOc1ccc(OC[C@@H](O)CN2CCc3ccccc3C2)cc1. The molecule has 0 spiro atoms. The van der Waals surface area contributed by atoms with E-state index in [2.05, 4.69) is 29.2 Å². The summed E-state index contributed by atoms with van der Waals surface area (Å²) in [4.78, 5) is 2.29. The number of benzene rings is 2. The quantitative estimate of drug-likeness (QED) is 0.849. The Balaban J connectivity index is 1.45. The molecule has 4 nitrogen and oxygen atoms in total. The molecule has 1 N–H and O–H groups in total. The molecule has 3 rings (SSSR count). The Labute approximate surface area is 143 Å². The molecule has 1 heterocycles. The minimum atomic E-state index is -0.498. The molecule has 0 saturated carbocycles. The van der Waals surface area contributed by atoms with E-state index < -0.39 is 6.10 Å². The molecule has 24 heavy (non-hydrogen) atoms. The number of hydrogen-bond acceptors (Lipinski definition) is 4. The first kappa shape index (κ1) is 16.8. The van der Waals surface area contributed by atoms with Gasteiger partial charge in [0.25, 0.3) is 0 Å². The van der Waals surface area contributed by atoms with Crippen molar-refractivity contribution < 1.29 is 14.6 Å². The van der Waals surface area contributed by atoms with Crippen molar-refractivity contribution in [2.75, 3.05) is 26.3 Å². The van der Waals surface area contributed by atoms with Gasteiger partial charge >= 0.3 is 0 Å². The van der Waals surface area contributed by atoms with E-state index >= 15 is 0 Å². The van der Waals surface area contributed by atoms with Gasteiger partial charge in [0.2, 0.25) is 0 Å². The Bertz CT molecular complexity index is 642. The molecule has 4 heteroatoms. The molecule has 1 atom stereocenters. The summed E-state index contributed by atoms with van der Waals surface area (Å²) < 4.78 is 11.1. The number of fused-ring (bicyclic) bond motifs is 1. The molecule has 0 fully saturated rings. The fourth-order valence-corrected chi connectivity index (χ4v) is 3.05. The Hall–Kier alpha value is -2.04. The average molecular weight is 327 g/mol. The minimum absolute atomic E-state index is 0.298. The van der Waals surface area contributed by atoms with Crippen LogP contribution in [0.1, 0.15) is 18.1 Å². The van der Waals surface area contributed by atoms with Gasteiger partial charge in [0.05, 0.1) is 6.61 Å². The van der Waals surface area contributed by atoms with E-state index in [1.54, 1.807) is 0 Å². The van der Waals surface area contributed by atoms with E-state index in [1.165, 1.54) is 11.1 Å². The van der Waals surface area contributed by atoms with Crippen LogP contribution in [0.25, 0.3) is 0 Å². The van der Waals surface area contributed by atoms with Gasteiger partial charge < -0.3 is 14.6 Å². The van der Waals surface area contributed by atoms with Crippen molar-refractivity contribution in [2.24, 2.45) is 0 Å². The van der Waals surface area contributed by atoms with Crippen molar-refractivity contribution in [1.82, 2.24) is 4.90 Å². The van der Waals surface area contributed by atoms with Gasteiger partial charge in [-0.25, -0.2) is 0 Å². The highest BCUT2D eigenvalue weighted by Gasteiger charge is 2.18. The van der Waals surface area contributed by atoms with E-state index in [0.717, 1.165) is 31.0 Å². The lowest BCUT2D eigenvalue weighted by molar-refractivity contribution is 0.0637. The first-order chi connectivity index (χ1) is 11.7. The number of aliphatic hydroxyl groups excluding tert-OH is 1. The molecule has 0 bridgehead atoms. The number of rotatable bonds is 7. The van der Waals surface area contributed by atoms with Crippen LogP contribution in [0.4, 0.5) is 0 Å². The molecule has 1 aliphatic heterocycles. The van der Waals surface area contributed by atoms with Gasteiger partial charge in [-0.3, -0.25) is 4.90 Å². The molecule has 0 aromatic heterocycles. The van der Waals surface area contributed by atoms with E-state index in [9.17, 15) is 5.11 Å². The van der Waals surface area contributed by atoms with Gasteiger partial charge in [0, 0.05) is 19.6 Å². The van der Waals surface area contributed by atoms with Crippen LogP contribution < -0.4 is 9.47 Å². The minimum Gasteiger partial charge on any atom is -0.494 e. The second-order valence-corrected chi connectivity index (χ2v) is 6.12. The zero-order valence-electron chi connectivity index (χ0n) is 14.1. The summed E-state index contributed by atoms with van der Waals surface area (Å²) >= 11 is 0. The second-order valence-electron chi connectivity index (χ2n) is 6.12. The van der Waals surface area contributed by atoms with Crippen LogP contribution in [0.3, 0.4) is 0 Å². The van der Waals surface area contributed by atoms with E-state index in [0.29, 0.717) is 19.8 Å². The Morgan fingerprint density at radius 2 is 1.67 bits per heavy atom. The van der Waals surface area contributed by atoms with Gasteiger partial charge in [-0.1, -0.05) is 24.3 Å². The zero-order chi connectivity index (χ0) is 16.8. The van der Waals surface area contributed by atoms with Crippen molar-refractivity contribution in [3.63, 3.8) is 0 Å². The maximum Gasteiger partial charge on any atom is 0.119 e. The van der Waals surface area contributed by atoms with Crippen LogP contribution in [0.2, 0.25) is 0 Å². The third kappa shape index (κ3) is 4.49. The highest BCUT2D eigenvalue weighted by atomic mass is 16.5. The number of aliphatic hydroxyl groups is 1. The number of nitrogens with zero attached hydrogens (tertiary/aromatic N) is 1. The van der Waals surface area contributed by atoms with Gasteiger partial charge in [-0.15, -0.1) is 0 Å². The van der Waals surface area contributed by atoms with Crippen molar-refractivity contribution >= 4 is 0 Å². The van der Waals surface area contributed by atoms with Crippen LogP contribution in [0.5, 0.6) is 11.5 Å². The lowest BCUT2D eigenvalue weighted by Gasteiger charge is -2.30. The van der Waals surface area contributed by atoms with Crippen molar-refractivity contribution in [3.05, 3.63) is 59.7 Å². The predicted molar refractivity (Wildman–Crippen MR) is 94.5 cm³/mol. The summed E-state index contributed by atoms with van der Waals surface area (Å²) in [5, 5.41) is 10.3. The highest BCUT2D eigenvalue weighted by molar-refractivity contribution is 5.31. The van der Waals surface area contributed by atoms with E-state index in [4.69, 9.17) is 9.47 Å². The van der Waals surface area contributed by atoms with Crippen LogP contribution in [0, 0.1) is 0 Å². The smallest absolute Gasteiger partial charge is 0.119 e. The molecule has 0 amide bonds. The van der Waals surface area contributed by atoms with Crippen molar-refractivity contribution in [3.8, 4) is 11.5 Å². The summed E-state index contributed by atoms with van der Waals surface area (Å²) in [5.74, 6) is 1.58. The molecule has 0 radical (unpaired) electrons. The largest absolute Gasteiger partial charge is 0.494 e. The Morgan fingerprint density at radius 3 is 2.38 bits per heavy atom. The fourth-order valence-electron chi connectivity index (χ4n) is 3.05. The Kier molecular flexibility index (Phi) is 5.72. The maximum atomic E-state index is 10.3. The lowest BCUT2D eigenvalue weighted by atomic mass is 10.00. The Morgan fingerprint density at radius 1 is 1.00 bits per heavy atom. The van der Waals surface area contributed by atoms with Crippen LogP contribution >= 0.6 is 0 Å². The fraction of sp³-hybridized carbons (Fsp3) is 0.400. The van der Waals surface area contributed by atoms with Crippen LogP contribution in [0.15, 0.2) is 48.5 Å². The third-order valence-corrected chi connectivity index (χ3v) is 4.26. The monoisotopic (exact) mass is 327 g/mol.